The van der Waals surface area contributed by atoms with Gasteiger partial charge in [0.25, 0.3) is 15.6 Å². The zero-order valence-corrected chi connectivity index (χ0v) is 16.0. The number of ether oxygens (including phenoxy) is 1. The average molecular weight is 393 g/mol. The van der Waals surface area contributed by atoms with Crippen molar-refractivity contribution in [3.05, 3.63) is 40.1 Å². The van der Waals surface area contributed by atoms with Gasteiger partial charge in [-0.25, -0.2) is 22.8 Å². The van der Waals surface area contributed by atoms with Crippen LogP contribution in [-0.2, 0) is 34.8 Å². The zero-order chi connectivity index (χ0) is 19.0. The van der Waals surface area contributed by atoms with Crippen molar-refractivity contribution in [2.75, 3.05) is 6.61 Å². The molecule has 0 radical (unpaired) electrons. The Hall–Kier alpha value is -2.04. The van der Waals surface area contributed by atoms with Crippen LogP contribution in [0.25, 0.3) is 0 Å². The van der Waals surface area contributed by atoms with Crippen LogP contribution in [0.3, 0.4) is 0 Å². The Morgan fingerprint density at radius 3 is 2.74 bits per heavy atom. The van der Waals surface area contributed by atoms with Gasteiger partial charge < -0.3 is 9.30 Å². The molecule has 0 spiro atoms. The van der Waals surface area contributed by atoms with Gasteiger partial charge in [0.05, 0.1) is 24.9 Å². The van der Waals surface area contributed by atoms with Crippen molar-refractivity contribution < 1.29 is 13.2 Å². The topological polar surface area (TPSA) is 108 Å². The molecule has 2 aromatic rings. The molecule has 4 rings (SSSR count). The predicted octanol–water partition coefficient (Wildman–Crippen LogP) is 0.512. The van der Waals surface area contributed by atoms with E-state index in [-0.39, 0.29) is 22.8 Å². The molecular formula is C17H23N5O4S. The van der Waals surface area contributed by atoms with Gasteiger partial charge in [-0.1, -0.05) is 0 Å². The summed E-state index contributed by atoms with van der Waals surface area (Å²) in [6.45, 7) is 1.07. The van der Waals surface area contributed by atoms with Gasteiger partial charge in [-0.3, -0.25) is 4.79 Å². The molecule has 0 amide bonds. The Bertz CT molecular complexity index is 989. The number of hydrogen-bond acceptors (Lipinski definition) is 6. The quantitative estimate of drug-likeness (QED) is 0.811. The van der Waals surface area contributed by atoms with E-state index in [1.807, 2.05) is 0 Å². The van der Waals surface area contributed by atoms with E-state index in [1.165, 1.54) is 10.8 Å². The van der Waals surface area contributed by atoms with E-state index >= 15 is 0 Å². The van der Waals surface area contributed by atoms with E-state index in [2.05, 4.69) is 14.8 Å². The summed E-state index contributed by atoms with van der Waals surface area (Å²) in [6.07, 6.45) is 6.50. The van der Waals surface area contributed by atoms with Crippen LogP contribution in [0, 0.1) is 0 Å². The summed E-state index contributed by atoms with van der Waals surface area (Å²) in [5.74, 6) is 0. The van der Waals surface area contributed by atoms with Crippen LogP contribution >= 0.6 is 0 Å². The molecule has 0 saturated heterocycles. The minimum atomic E-state index is -3.65. The summed E-state index contributed by atoms with van der Waals surface area (Å²) in [6, 6.07) is 1.46. The monoisotopic (exact) mass is 393 g/mol. The second-order valence-corrected chi connectivity index (χ2v) is 8.76. The van der Waals surface area contributed by atoms with Gasteiger partial charge in [0.15, 0.2) is 0 Å². The summed E-state index contributed by atoms with van der Waals surface area (Å²) < 4.78 is 36.1. The SMILES string of the molecule is Cn1ccnc1S(=O)(=O)NC1CCC(n2nc3c(cc2=O)COCC3)CC1. The highest BCUT2D eigenvalue weighted by molar-refractivity contribution is 7.89. The lowest BCUT2D eigenvalue weighted by atomic mass is 9.92. The number of imidazole rings is 1. The van der Waals surface area contributed by atoms with Gasteiger partial charge in [0.1, 0.15) is 0 Å². The van der Waals surface area contributed by atoms with Crippen LogP contribution in [0.15, 0.2) is 28.4 Å². The van der Waals surface area contributed by atoms with Crippen molar-refractivity contribution in [3.8, 4) is 0 Å². The summed E-state index contributed by atoms with van der Waals surface area (Å²) >= 11 is 0. The van der Waals surface area contributed by atoms with Crippen molar-refractivity contribution in [1.29, 1.82) is 0 Å². The third kappa shape index (κ3) is 3.69. The molecule has 1 N–H and O–H groups in total. The maximum Gasteiger partial charge on any atom is 0.274 e. The van der Waals surface area contributed by atoms with Gasteiger partial charge in [0.2, 0.25) is 5.16 Å². The molecule has 9 nitrogen and oxygen atoms in total. The van der Waals surface area contributed by atoms with E-state index in [0.717, 1.165) is 11.3 Å². The number of rotatable bonds is 4. The molecule has 146 valence electrons. The minimum Gasteiger partial charge on any atom is -0.376 e. The molecular weight excluding hydrogens is 370 g/mol. The summed E-state index contributed by atoms with van der Waals surface area (Å²) in [7, 11) is -2.00. The molecule has 1 saturated carbocycles. The molecule has 2 aliphatic rings. The number of hydrogen-bond donors (Lipinski definition) is 1. The third-order valence-electron chi connectivity index (χ3n) is 5.25. The first-order valence-electron chi connectivity index (χ1n) is 9.13. The van der Waals surface area contributed by atoms with Crippen LogP contribution in [0.1, 0.15) is 43.0 Å². The summed E-state index contributed by atoms with van der Waals surface area (Å²) in [5.41, 5.74) is 1.69. The fourth-order valence-electron chi connectivity index (χ4n) is 3.81. The number of fused-ring (bicyclic) bond motifs is 1. The molecule has 0 aromatic carbocycles. The minimum absolute atomic E-state index is 0.000407. The van der Waals surface area contributed by atoms with Gasteiger partial charge in [-0.15, -0.1) is 0 Å². The number of aryl methyl sites for hydroxylation is 1. The van der Waals surface area contributed by atoms with E-state index in [9.17, 15) is 13.2 Å². The van der Waals surface area contributed by atoms with Crippen molar-refractivity contribution >= 4 is 10.0 Å². The van der Waals surface area contributed by atoms with E-state index < -0.39 is 10.0 Å². The van der Waals surface area contributed by atoms with Crippen LogP contribution in [-0.4, -0.2) is 40.4 Å². The molecule has 1 fully saturated rings. The summed E-state index contributed by atoms with van der Waals surface area (Å²) in [5, 5.41) is 4.57. The Morgan fingerprint density at radius 2 is 2.04 bits per heavy atom. The first-order valence-corrected chi connectivity index (χ1v) is 10.6. The van der Waals surface area contributed by atoms with E-state index in [4.69, 9.17) is 4.74 Å². The molecule has 1 aliphatic carbocycles. The van der Waals surface area contributed by atoms with Gasteiger partial charge >= 0.3 is 0 Å². The van der Waals surface area contributed by atoms with Crippen molar-refractivity contribution in [2.45, 2.75) is 56.0 Å². The van der Waals surface area contributed by atoms with Gasteiger partial charge in [0, 0.05) is 43.5 Å². The number of nitrogens with one attached hydrogen (secondary N) is 1. The molecule has 0 unspecified atom stereocenters. The fourth-order valence-corrected chi connectivity index (χ4v) is 5.23. The average Bonchev–Trinajstić information content (AvgIpc) is 3.09. The van der Waals surface area contributed by atoms with E-state index in [0.29, 0.717) is 45.3 Å². The number of aromatic nitrogens is 4. The molecule has 2 aromatic heterocycles. The fraction of sp³-hybridized carbons (Fsp3) is 0.588. The maximum atomic E-state index is 12.5. The van der Waals surface area contributed by atoms with Crippen LogP contribution in [0.4, 0.5) is 0 Å². The molecule has 0 bridgehead atoms. The lowest BCUT2D eigenvalue weighted by Crippen LogP contribution is -2.40. The van der Waals surface area contributed by atoms with Crippen molar-refractivity contribution in [1.82, 2.24) is 24.1 Å². The molecule has 10 heteroatoms. The molecule has 27 heavy (non-hydrogen) atoms. The van der Waals surface area contributed by atoms with Crippen LogP contribution in [0.5, 0.6) is 0 Å². The summed E-state index contributed by atoms with van der Waals surface area (Å²) in [4.78, 5) is 16.3. The zero-order valence-electron chi connectivity index (χ0n) is 15.2. The van der Waals surface area contributed by atoms with Crippen LogP contribution in [0.2, 0.25) is 0 Å². The first kappa shape index (κ1) is 18.3. The second-order valence-electron chi connectivity index (χ2n) is 7.15. The van der Waals surface area contributed by atoms with Crippen molar-refractivity contribution in [2.24, 2.45) is 7.05 Å². The highest BCUT2D eigenvalue weighted by Gasteiger charge is 2.29. The lowest BCUT2D eigenvalue weighted by Gasteiger charge is -2.30. The second kappa shape index (κ2) is 7.17. The van der Waals surface area contributed by atoms with Crippen molar-refractivity contribution in [3.63, 3.8) is 0 Å². The largest absolute Gasteiger partial charge is 0.376 e. The predicted molar refractivity (Wildman–Crippen MR) is 96.7 cm³/mol. The van der Waals surface area contributed by atoms with Gasteiger partial charge in [-0.05, 0) is 25.7 Å². The molecule has 1 aliphatic heterocycles. The highest BCUT2D eigenvalue weighted by atomic mass is 32.2. The first-order chi connectivity index (χ1) is 12.9. The third-order valence-corrected chi connectivity index (χ3v) is 6.76. The highest BCUT2D eigenvalue weighted by Crippen LogP contribution is 2.28. The normalized spacial score (nSPS) is 23.1. The maximum absolute atomic E-state index is 12.5. The van der Waals surface area contributed by atoms with Gasteiger partial charge in [-0.2, -0.15) is 5.10 Å². The number of sulfonamides is 1. The Labute approximate surface area is 157 Å². The van der Waals surface area contributed by atoms with Crippen LogP contribution < -0.4 is 10.3 Å². The number of nitrogens with zero attached hydrogens (tertiary/aromatic N) is 4. The lowest BCUT2D eigenvalue weighted by molar-refractivity contribution is 0.107. The molecule has 3 heterocycles. The Morgan fingerprint density at radius 1 is 1.26 bits per heavy atom. The smallest absolute Gasteiger partial charge is 0.274 e. The molecule has 0 atom stereocenters. The standard InChI is InChI=1S/C17H23N5O4S/c1-21-8-7-18-17(21)27(24,25)20-13-2-4-14(5-3-13)22-16(23)10-12-11-26-9-6-15(12)19-22/h7-8,10,13-14,20H,2-6,9,11H2,1H3. The Balaban J connectivity index is 1.44. The van der Waals surface area contributed by atoms with E-state index in [1.54, 1.807) is 24.0 Å². The Kier molecular flexibility index (Phi) is 4.87.